The Kier molecular flexibility index (Phi) is 5.66. The van der Waals surface area contributed by atoms with Crippen LogP contribution in [0.5, 0.6) is 0 Å². The van der Waals surface area contributed by atoms with E-state index < -0.39 is 5.97 Å². The highest BCUT2D eigenvalue weighted by atomic mass is 32.2. The van der Waals surface area contributed by atoms with Crippen LogP contribution in [0, 0.1) is 0 Å². The third-order valence-electron chi connectivity index (χ3n) is 4.08. The van der Waals surface area contributed by atoms with Crippen molar-refractivity contribution in [1.29, 1.82) is 0 Å². The Bertz CT molecular complexity index is 1190. The molecule has 10 heteroatoms. The number of hydrogen-bond donors (Lipinski definition) is 1. The van der Waals surface area contributed by atoms with Gasteiger partial charge in [0.1, 0.15) is 5.69 Å². The van der Waals surface area contributed by atoms with Crippen LogP contribution in [0.25, 0.3) is 17.0 Å². The molecular weight excluding hydrogens is 404 g/mol. The van der Waals surface area contributed by atoms with Crippen molar-refractivity contribution < 1.29 is 14.3 Å². The first-order valence-corrected chi connectivity index (χ1v) is 9.87. The number of rotatable bonds is 6. The maximum absolute atomic E-state index is 12.3. The Morgan fingerprint density at radius 3 is 2.60 bits per heavy atom. The van der Waals surface area contributed by atoms with Gasteiger partial charge in [-0.15, -0.1) is 10.2 Å². The van der Waals surface area contributed by atoms with Crippen LogP contribution in [0.4, 0.5) is 5.69 Å². The smallest absolute Gasteiger partial charge is 0.337 e. The van der Waals surface area contributed by atoms with E-state index in [4.69, 9.17) is 0 Å². The number of aromatic nitrogens is 5. The molecule has 9 nitrogen and oxygen atoms in total. The van der Waals surface area contributed by atoms with Crippen LogP contribution >= 0.6 is 11.8 Å². The summed E-state index contributed by atoms with van der Waals surface area (Å²) in [5.41, 5.74) is 2.98. The third kappa shape index (κ3) is 4.28. The number of carbonyl (C=O) groups excluding carboxylic acids is 2. The highest BCUT2D eigenvalue weighted by molar-refractivity contribution is 7.99. The van der Waals surface area contributed by atoms with Gasteiger partial charge in [-0.2, -0.15) is 9.61 Å². The number of carbonyl (C=O) groups is 2. The number of anilines is 1. The van der Waals surface area contributed by atoms with E-state index in [1.54, 1.807) is 41.0 Å². The fourth-order valence-corrected chi connectivity index (χ4v) is 3.33. The molecule has 30 heavy (non-hydrogen) atoms. The molecule has 0 atom stereocenters. The Balaban J connectivity index is 1.43. The zero-order valence-corrected chi connectivity index (χ0v) is 16.7. The number of esters is 1. The van der Waals surface area contributed by atoms with Crippen molar-refractivity contribution in [2.24, 2.45) is 0 Å². The predicted octanol–water partition coefficient (Wildman–Crippen LogP) is 2.70. The second-order valence-electron chi connectivity index (χ2n) is 6.09. The van der Waals surface area contributed by atoms with Gasteiger partial charge in [0, 0.05) is 11.9 Å². The maximum atomic E-state index is 12.3. The molecule has 0 aliphatic heterocycles. The molecule has 1 N–H and O–H groups in total. The van der Waals surface area contributed by atoms with Crippen LogP contribution in [-0.2, 0) is 9.53 Å². The fraction of sp³-hybridized carbons (Fsp3) is 0.100. The number of nitrogens with one attached hydrogen (secondary N) is 1. The molecule has 0 saturated carbocycles. The van der Waals surface area contributed by atoms with Gasteiger partial charge in [0.05, 0.1) is 24.1 Å². The number of benzene rings is 1. The lowest BCUT2D eigenvalue weighted by molar-refractivity contribution is -0.113. The second-order valence-corrected chi connectivity index (χ2v) is 7.03. The first-order chi connectivity index (χ1) is 14.6. The summed E-state index contributed by atoms with van der Waals surface area (Å²) in [6.45, 7) is 0. The van der Waals surface area contributed by atoms with Crippen molar-refractivity contribution in [2.45, 2.75) is 5.16 Å². The van der Waals surface area contributed by atoms with E-state index in [0.717, 1.165) is 5.69 Å². The van der Waals surface area contributed by atoms with E-state index in [1.807, 2.05) is 24.3 Å². The van der Waals surface area contributed by atoms with Gasteiger partial charge >= 0.3 is 5.97 Å². The summed E-state index contributed by atoms with van der Waals surface area (Å²) in [6, 6.07) is 15.7. The van der Waals surface area contributed by atoms with E-state index in [1.165, 1.54) is 18.9 Å². The van der Waals surface area contributed by atoms with Crippen LogP contribution in [0.3, 0.4) is 0 Å². The first-order valence-electron chi connectivity index (χ1n) is 8.89. The fourth-order valence-electron chi connectivity index (χ4n) is 2.64. The summed E-state index contributed by atoms with van der Waals surface area (Å²) in [4.78, 5) is 28.1. The van der Waals surface area contributed by atoms with Gasteiger partial charge in [-0.05, 0) is 48.5 Å². The molecule has 0 unspecified atom stereocenters. The molecule has 1 amide bonds. The average Bonchev–Trinajstić information content (AvgIpc) is 3.20. The quantitative estimate of drug-likeness (QED) is 0.374. The van der Waals surface area contributed by atoms with Gasteiger partial charge < -0.3 is 10.1 Å². The maximum Gasteiger partial charge on any atom is 0.337 e. The minimum Gasteiger partial charge on any atom is -0.465 e. The molecule has 3 aromatic heterocycles. The van der Waals surface area contributed by atoms with Crippen molar-refractivity contribution >= 4 is 35.0 Å². The van der Waals surface area contributed by atoms with E-state index in [9.17, 15) is 9.59 Å². The SMILES string of the molecule is COC(=O)c1ccc(NC(=O)CSc2nnc3ccc(-c4ccccn4)nn23)cc1. The van der Waals surface area contributed by atoms with Gasteiger partial charge in [-0.25, -0.2) is 4.79 Å². The number of fused-ring (bicyclic) bond motifs is 1. The summed E-state index contributed by atoms with van der Waals surface area (Å²) >= 11 is 1.22. The summed E-state index contributed by atoms with van der Waals surface area (Å²) in [7, 11) is 1.32. The number of pyridine rings is 1. The van der Waals surface area contributed by atoms with Gasteiger partial charge in [0.2, 0.25) is 11.1 Å². The monoisotopic (exact) mass is 420 g/mol. The number of methoxy groups -OCH3 is 1. The number of amides is 1. The Hall–Kier alpha value is -3.79. The molecule has 0 radical (unpaired) electrons. The van der Waals surface area contributed by atoms with Crippen LogP contribution in [0.15, 0.2) is 66.0 Å². The number of thioether (sulfide) groups is 1. The van der Waals surface area contributed by atoms with Gasteiger partial charge in [0.25, 0.3) is 0 Å². The molecule has 0 aliphatic rings. The molecule has 0 spiro atoms. The summed E-state index contributed by atoms with van der Waals surface area (Å²) in [5, 5.41) is 16.0. The number of nitrogens with zero attached hydrogens (tertiary/aromatic N) is 5. The largest absolute Gasteiger partial charge is 0.465 e. The molecule has 150 valence electrons. The molecule has 3 heterocycles. The zero-order chi connectivity index (χ0) is 20.9. The Labute approximate surface area is 175 Å². The molecule has 0 bridgehead atoms. The Morgan fingerprint density at radius 1 is 1.03 bits per heavy atom. The highest BCUT2D eigenvalue weighted by Crippen LogP contribution is 2.20. The summed E-state index contributed by atoms with van der Waals surface area (Å²) < 4.78 is 6.24. The van der Waals surface area contributed by atoms with E-state index in [0.29, 0.717) is 27.7 Å². The van der Waals surface area contributed by atoms with E-state index in [-0.39, 0.29) is 11.7 Å². The predicted molar refractivity (Wildman–Crippen MR) is 111 cm³/mol. The minimum atomic E-state index is -0.431. The van der Waals surface area contributed by atoms with Crippen molar-refractivity contribution in [1.82, 2.24) is 24.8 Å². The molecule has 0 saturated heterocycles. The van der Waals surface area contributed by atoms with Crippen molar-refractivity contribution in [2.75, 3.05) is 18.2 Å². The molecule has 4 aromatic rings. The van der Waals surface area contributed by atoms with E-state index in [2.05, 4.69) is 30.3 Å². The minimum absolute atomic E-state index is 0.120. The lowest BCUT2D eigenvalue weighted by Gasteiger charge is -2.06. The molecule has 1 aromatic carbocycles. The lowest BCUT2D eigenvalue weighted by Crippen LogP contribution is -2.14. The van der Waals surface area contributed by atoms with Gasteiger partial charge in [0.15, 0.2) is 5.65 Å². The average molecular weight is 420 g/mol. The van der Waals surface area contributed by atoms with Crippen molar-refractivity contribution in [3.63, 3.8) is 0 Å². The zero-order valence-electron chi connectivity index (χ0n) is 15.8. The van der Waals surface area contributed by atoms with Crippen molar-refractivity contribution in [3.8, 4) is 11.4 Å². The Morgan fingerprint density at radius 2 is 1.87 bits per heavy atom. The number of ether oxygens (including phenoxy) is 1. The summed E-state index contributed by atoms with van der Waals surface area (Å²) in [5.74, 6) is -0.530. The van der Waals surface area contributed by atoms with Crippen LogP contribution in [0.2, 0.25) is 0 Å². The lowest BCUT2D eigenvalue weighted by atomic mass is 10.2. The van der Waals surface area contributed by atoms with Gasteiger partial charge in [-0.3, -0.25) is 9.78 Å². The highest BCUT2D eigenvalue weighted by Gasteiger charge is 2.12. The molecule has 0 aliphatic carbocycles. The molecule has 4 rings (SSSR count). The number of hydrogen-bond acceptors (Lipinski definition) is 8. The topological polar surface area (TPSA) is 111 Å². The van der Waals surface area contributed by atoms with Crippen molar-refractivity contribution in [3.05, 3.63) is 66.4 Å². The summed E-state index contributed by atoms with van der Waals surface area (Å²) in [6.07, 6.45) is 1.70. The normalized spacial score (nSPS) is 10.7. The third-order valence-corrected chi connectivity index (χ3v) is 5.00. The molecule has 0 fully saturated rings. The van der Waals surface area contributed by atoms with E-state index >= 15 is 0 Å². The van der Waals surface area contributed by atoms with Crippen LogP contribution in [0.1, 0.15) is 10.4 Å². The van der Waals surface area contributed by atoms with Gasteiger partial charge in [-0.1, -0.05) is 17.8 Å². The van der Waals surface area contributed by atoms with Crippen LogP contribution < -0.4 is 5.32 Å². The molecular formula is C20H16N6O3S. The second kappa shape index (κ2) is 8.70. The standard InChI is InChI=1S/C20H16N6O3S/c1-29-19(28)13-5-7-14(8-6-13)22-18(27)12-30-20-24-23-17-10-9-16(25-26(17)20)15-4-2-3-11-21-15/h2-11H,12H2,1H3,(H,22,27). The van der Waals surface area contributed by atoms with Crippen LogP contribution in [-0.4, -0.2) is 49.5 Å². The first kappa shape index (κ1) is 19.5.